The predicted octanol–water partition coefficient (Wildman–Crippen LogP) is 5.40. The van der Waals surface area contributed by atoms with Gasteiger partial charge in [-0.15, -0.1) is 0 Å². The quantitative estimate of drug-likeness (QED) is 0.429. The molecule has 0 unspecified atom stereocenters. The number of hydrogen-bond acceptors (Lipinski definition) is 4. The molecule has 0 radical (unpaired) electrons. The fraction of sp³-hybridized carbons (Fsp3) is 0.136. The fourth-order valence-electron chi connectivity index (χ4n) is 3.11. The Balaban J connectivity index is 2.09. The Kier molecular flexibility index (Phi) is 5.97. The number of phenols is 2. The highest BCUT2D eigenvalue weighted by Crippen LogP contribution is 2.44. The number of rotatable bonds is 6. The van der Waals surface area contributed by atoms with Crippen molar-refractivity contribution in [3.05, 3.63) is 81.6 Å². The first-order valence-corrected chi connectivity index (χ1v) is 8.91. The minimum atomic E-state index is -0.521. The first-order chi connectivity index (χ1) is 13.4. The van der Waals surface area contributed by atoms with Gasteiger partial charge in [0.1, 0.15) is 5.82 Å². The molecule has 0 spiro atoms. The van der Waals surface area contributed by atoms with Gasteiger partial charge in [0.15, 0.2) is 17.8 Å². The average molecular weight is 401 g/mol. The Morgan fingerprint density at radius 3 is 2.43 bits per heavy atom. The lowest BCUT2D eigenvalue weighted by Gasteiger charge is -2.19. The number of benzene rings is 3. The van der Waals surface area contributed by atoms with E-state index < -0.39 is 17.3 Å². The van der Waals surface area contributed by atoms with E-state index in [4.69, 9.17) is 16.3 Å². The number of aromatic hydroxyl groups is 2. The molecule has 0 saturated carbocycles. The molecule has 0 saturated heterocycles. The van der Waals surface area contributed by atoms with E-state index in [1.54, 1.807) is 6.92 Å². The van der Waals surface area contributed by atoms with Crippen molar-refractivity contribution >= 4 is 17.9 Å². The summed E-state index contributed by atoms with van der Waals surface area (Å²) in [6, 6.07) is 13.3. The molecular formula is C22H18ClFO4. The minimum Gasteiger partial charge on any atom is -0.504 e. The standard InChI is InChI=1S/C22H18ClFO4/c1-13-20(16-8-7-15(24)9-19(16)23)18(17(10-25)22(27)21(13)26)12-28-11-14-5-3-2-4-6-14/h2-10,26-27H,11-12H2,1H3. The maximum absolute atomic E-state index is 13.5. The molecule has 3 aromatic carbocycles. The van der Waals surface area contributed by atoms with Crippen molar-refractivity contribution in [2.75, 3.05) is 0 Å². The van der Waals surface area contributed by atoms with Crippen LogP contribution < -0.4 is 0 Å². The zero-order valence-corrected chi connectivity index (χ0v) is 15.8. The monoisotopic (exact) mass is 400 g/mol. The Bertz CT molecular complexity index is 1020. The van der Waals surface area contributed by atoms with E-state index in [1.165, 1.54) is 12.1 Å². The molecule has 4 nitrogen and oxygen atoms in total. The molecule has 0 atom stereocenters. The highest BCUT2D eigenvalue weighted by atomic mass is 35.5. The number of halogens is 2. The third-order valence-electron chi connectivity index (χ3n) is 4.51. The normalized spacial score (nSPS) is 10.8. The molecule has 0 bridgehead atoms. The Hall–Kier alpha value is -2.89. The van der Waals surface area contributed by atoms with Crippen molar-refractivity contribution in [2.24, 2.45) is 0 Å². The second kappa shape index (κ2) is 8.42. The zero-order valence-electron chi connectivity index (χ0n) is 15.1. The molecule has 144 valence electrons. The van der Waals surface area contributed by atoms with Gasteiger partial charge in [-0.1, -0.05) is 41.9 Å². The van der Waals surface area contributed by atoms with Gasteiger partial charge in [0, 0.05) is 16.7 Å². The largest absolute Gasteiger partial charge is 0.504 e. The second-order valence-corrected chi connectivity index (χ2v) is 6.72. The topological polar surface area (TPSA) is 66.8 Å². The molecule has 0 aromatic heterocycles. The first-order valence-electron chi connectivity index (χ1n) is 8.53. The van der Waals surface area contributed by atoms with Crippen LogP contribution in [0, 0.1) is 12.7 Å². The summed E-state index contributed by atoms with van der Waals surface area (Å²) in [5, 5.41) is 20.6. The molecule has 0 aliphatic heterocycles. The third kappa shape index (κ3) is 3.86. The van der Waals surface area contributed by atoms with Gasteiger partial charge >= 0.3 is 0 Å². The molecule has 0 aliphatic carbocycles. The van der Waals surface area contributed by atoms with Crippen LogP contribution in [0.4, 0.5) is 4.39 Å². The van der Waals surface area contributed by atoms with E-state index in [-0.39, 0.29) is 23.8 Å². The molecule has 28 heavy (non-hydrogen) atoms. The predicted molar refractivity (Wildman–Crippen MR) is 105 cm³/mol. The van der Waals surface area contributed by atoms with E-state index in [9.17, 15) is 19.4 Å². The van der Waals surface area contributed by atoms with Crippen molar-refractivity contribution in [3.63, 3.8) is 0 Å². The van der Waals surface area contributed by atoms with Gasteiger partial charge in [0.25, 0.3) is 0 Å². The highest BCUT2D eigenvalue weighted by molar-refractivity contribution is 6.33. The smallest absolute Gasteiger partial charge is 0.168 e. The maximum atomic E-state index is 13.5. The Morgan fingerprint density at radius 1 is 1.07 bits per heavy atom. The van der Waals surface area contributed by atoms with Crippen LogP contribution in [0.2, 0.25) is 5.02 Å². The van der Waals surface area contributed by atoms with Crippen LogP contribution in [-0.2, 0) is 18.0 Å². The van der Waals surface area contributed by atoms with Gasteiger partial charge in [-0.05, 0) is 36.2 Å². The molecule has 0 amide bonds. The lowest BCUT2D eigenvalue weighted by Crippen LogP contribution is -2.04. The minimum absolute atomic E-state index is 0.0132. The molecule has 0 heterocycles. The van der Waals surface area contributed by atoms with Crippen LogP contribution in [-0.4, -0.2) is 16.5 Å². The summed E-state index contributed by atoms with van der Waals surface area (Å²) in [4.78, 5) is 11.6. The van der Waals surface area contributed by atoms with Crippen molar-refractivity contribution in [2.45, 2.75) is 20.1 Å². The van der Waals surface area contributed by atoms with Crippen LogP contribution in [0.3, 0.4) is 0 Å². The van der Waals surface area contributed by atoms with Crippen molar-refractivity contribution in [1.82, 2.24) is 0 Å². The number of carbonyl (C=O) groups is 1. The lowest BCUT2D eigenvalue weighted by atomic mass is 9.90. The van der Waals surface area contributed by atoms with E-state index >= 15 is 0 Å². The number of hydrogen-bond donors (Lipinski definition) is 2. The molecule has 0 aliphatic rings. The average Bonchev–Trinajstić information content (AvgIpc) is 2.68. The fourth-order valence-corrected chi connectivity index (χ4v) is 3.37. The van der Waals surface area contributed by atoms with Gasteiger partial charge in [-0.2, -0.15) is 0 Å². The van der Waals surface area contributed by atoms with Crippen LogP contribution >= 0.6 is 11.6 Å². The molecule has 0 fully saturated rings. The van der Waals surface area contributed by atoms with Crippen molar-refractivity contribution in [3.8, 4) is 22.6 Å². The van der Waals surface area contributed by atoms with E-state index in [1.807, 2.05) is 30.3 Å². The second-order valence-electron chi connectivity index (χ2n) is 6.31. The Labute approximate surface area is 166 Å². The molecule has 2 N–H and O–H groups in total. The maximum Gasteiger partial charge on any atom is 0.168 e. The number of aldehydes is 1. The molecule has 6 heteroatoms. The van der Waals surface area contributed by atoms with Gasteiger partial charge < -0.3 is 14.9 Å². The zero-order chi connectivity index (χ0) is 20.3. The number of carbonyl (C=O) groups excluding carboxylic acids is 1. The van der Waals surface area contributed by atoms with Gasteiger partial charge in [-0.25, -0.2) is 4.39 Å². The first kappa shape index (κ1) is 19.9. The van der Waals surface area contributed by atoms with E-state index in [0.717, 1.165) is 11.6 Å². The van der Waals surface area contributed by atoms with Crippen molar-refractivity contribution in [1.29, 1.82) is 0 Å². The summed E-state index contributed by atoms with van der Waals surface area (Å²) in [5.41, 5.74) is 2.39. The van der Waals surface area contributed by atoms with Gasteiger partial charge in [0.2, 0.25) is 0 Å². The third-order valence-corrected chi connectivity index (χ3v) is 4.83. The molecular weight excluding hydrogens is 383 g/mol. The molecule has 3 rings (SSSR count). The van der Waals surface area contributed by atoms with Gasteiger partial charge in [-0.3, -0.25) is 4.79 Å². The van der Waals surface area contributed by atoms with Crippen LogP contribution in [0.1, 0.15) is 27.0 Å². The van der Waals surface area contributed by atoms with Crippen LogP contribution in [0.5, 0.6) is 11.5 Å². The van der Waals surface area contributed by atoms with Crippen LogP contribution in [0.15, 0.2) is 48.5 Å². The number of phenolic OH excluding ortho intramolecular Hbond substituents is 2. The summed E-state index contributed by atoms with van der Waals surface area (Å²) < 4.78 is 19.2. The summed E-state index contributed by atoms with van der Waals surface area (Å²) in [6.45, 7) is 1.86. The van der Waals surface area contributed by atoms with Crippen molar-refractivity contribution < 1.29 is 24.1 Å². The summed E-state index contributed by atoms with van der Waals surface area (Å²) in [5.74, 6) is -1.45. The molecule has 3 aromatic rings. The highest BCUT2D eigenvalue weighted by Gasteiger charge is 2.23. The number of ether oxygens (including phenoxy) is 1. The SMILES string of the molecule is Cc1c(O)c(O)c(C=O)c(COCc2ccccc2)c1-c1ccc(F)cc1Cl. The Morgan fingerprint density at radius 2 is 1.79 bits per heavy atom. The van der Waals surface area contributed by atoms with Crippen LogP contribution in [0.25, 0.3) is 11.1 Å². The summed E-state index contributed by atoms with van der Waals surface area (Å²) >= 11 is 6.21. The summed E-state index contributed by atoms with van der Waals surface area (Å²) in [7, 11) is 0. The summed E-state index contributed by atoms with van der Waals surface area (Å²) in [6.07, 6.45) is 0.455. The van der Waals surface area contributed by atoms with Gasteiger partial charge in [0.05, 0.1) is 23.8 Å². The van der Waals surface area contributed by atoms with E-state index in [0.29, 0.717) is 28.5 Å². The van der Waals surface area contributed by atoms with E-state index in [2.05, 4.69) is 0 Å². The lowest BCUT2D eigenvalue weighted by molar-refractivity contribution is 0.103.